The maximum atomic E-state index is 11.4. The van der Waals surface area contributed by atoms with Gasteiger partial charge in [0.15, 0.2) is 9.84 Å². The fraction of sp³-hybridized carbons (Fsp3) is 0.0714. The summed E-state index contributed by atoms with van der Waals surface area (Å²) in [7, 11) is -3.25. The van der Waals surface area contributed by atoms with Crippen molar-refractivity contribution in [1.29, 1.82) is 0 Å². The Hall–Kier alpha value is -2.34. The van der Waals surface area contributed by atoms with Gasteiger partial charge in [-0.1, -0.05) is 12.1 Å². The summed E-state index contributed by atoms with van der Waals surface area (Å²) in [6.07, 6.45) is 1.13. The van der Waals surface area contributed by atoms with Gasteiger partial charge in [-0.25, -0.2) is 13.2 Å². The standard InChI is InChI=1S/C14H13NO4S/c1-20(18,19)13-4-2-9(3-5-13)10-6-11(14(16)17)8-12(15)7-10/h2-8H,15H2,1H3,(H,16,17). The molecule has 0 atom stereocenters. The molecule has 3 N–H and O–H groups in total. The summed E-state index contributed by atoms with van der Waals surface area (Å²) in [4.78, 5) is 11.2. The second-order valence-corrected chi connectivity index (χ2v) is 6.46. The molecule has 20 heavy (non-hydrogen) atoms. The molecule has 0 saturated carbocycles. The molecule has 0 saturated heterocycles. The highest BCUT2D eigenvalue weighted by Gasteiger charge is 2.09. The molecule has 2 aromatic carbocycles. The van der Waals surface area contributed by atoms with Crippen molar-refractivity contribution in [3.63, 3.8) is 0 Å². The number of nitrogen functional groups attached to an aromatic ring is 1. The van der Waals surface area contributed by atoms with Crippen LogP contribution in [-0.4, -0.2) is 25.7 Å². The predicted octanol–water partition coefficient (Wildman–Crippen LogP) is 2.04. The second-order valence-electron chi connectivity index (χ2n) is 4.45. The van der Waals surface area contributed by atoms with Gasteiger partial charge in [-0.3, -0.25) is 0 Å². The summed E-state index contributed by atoms with van der Waals surface area (Å²) >= 11 is 0. The van der Waals surface area contributed by atoms with Gasteiger partial charge in [-0.15, -0.1) is 0 Å². The van der Waals surface area contributed by atoms with Gasteiger partial charge in [0.25, 0.3) is 0 Å². The van der Waals surface area contributed by atoms with Crippen LogP contribution >= 0.6 is 0 Å². The number of hydrogen-bond acceptors (Lipinski definition) is 4. The van der Waals surface area contributed by atoms with E-state index in [0.717, 1.165) is 6.26 Å². The van der Waals surface area contributed by atoms with Gasteiger partial charge in [0.05, 0.1) is 10.5 Å². The molecule has 6 heteroatoms. The molecule has 0 fully saturated rings. The molecular formula is C14H13NO4S. The van der Waals surface area contributed by atoms with Crippen LogP contribution in [0.5, 0.6) is 0 Å². The Labute approximate surface area is 116 Å². The van der Waals surface area contributed by atoms with E-state index in [0.29, 0.717) is 16.8 Å². The van der Waals surface area contributed by atoms with Crippen molar-refractivity contribution in [3.05, 3.63) is 48.0 Å². The highest BCUT2D eigenvalue weighted by atomic mass is 32.2. The van der Waals surface area contributed by atoms with Crippen molar-refractivity contribution in [2.24, 2.45) is 0 Å². The van der Waals surface area contributed by atoms with Crippen LogP contribution in [0.3, 0.4) is 0 Å². The zero-order chi connectivity index (χ0) is 14.9. The lowest BCUT2D eigenvalue weighted by Gasteiger charge is -2.06. The van der Waals surface area contributed by atoms with E-state index in [1.54, 1.807) is 18.2 Å². The number of benzene rings is 2. The maximum Gasteiger partial charge on any atom is 0.335 e. The van der Waals surface area contributed by atoms with Gasteiger partial charge >= 0.3 is 5.97 Å². The number of anilines is 1. The van der Waals surface area contributed by atoms with Crippen LogP contribution in [0.25, 0.3) is 11.1 Å². The van der Waals surface area contributed by atoms with Gasteiger partial charge in [-0.2, -0.15) is 0 Å². The molecule has 0 aliphatic heterocycles. The molecule has 0 spiro atoms. The number of carbonyl (C=O) groups is 1. The van der Waals surface area contributed by atoms with E-state index >= 15 is 0 Å². The Morgan fingerprint density at radius 2 is 1.65 bits per heavy atom. The van der Waals surface area contributed by atoms with Gasteiger partial charge in [-0.05, 0) is 41.5 Å². The lowest BCUT2D eigenvalue weighted by atomic mass is 10.0. The van der Waals surface area contributed by atoms with Gasteiger partial charge in [0.2, 0.25) is 0 Å². The summed E-state index contributed by atoms with van der Waals surface area (Å²) in [5.41, 5.74) is 7.43. The van der Waals surface area contributed by atoms with Crippen molar-refractivity contribution in [1.82, 2.24) is 0 Å². The van der Waals surface area contributed by atoms with Crippen LogP contribution in [0, 0.1) is 0 Å². The van der Waals surface area contributed by atoms with Crippen LogP contribution in [-0.2, 0) is 9.84 Å². The SMILES string of the molecule is CS(=O)(=O)c1ccc(-c2cc(N)cc(C(=O)O)c2)cc1. The Balaban J connectivity index is 2.49. The first-order valence-corrected chi connectivity index (χ1v) is 7.61. The normalized spacial score (nSPS) is 11.2. The monoisotopic (exact) mass is 291 g/mol. The van der Waals surface area contributed by atoms with Crippen molar-refractivity contribution >= 4 is 21.5 Å². The van der Waals surface area contributed by atoms with E-state index < -0.39 is 15.8 Å². The Kier molecular flexibility index (Phi) is 3.50. The highest BCUT2D eigenvalue weighted by molar-refractivity contribution is 7.90. The molecule has 0 bridgehead atoms. The zero-order valence-electron chi connectivity index (χ0n) is 10.7. The number of sulfone groups is 1. The predicted molar refractivity (Wildman–Crippen MR) is 76.4 cm³/mol. The van der Waals surface area contributed by atoms with E-state index in [-0.39, 0.29) is 10.5 Å². The Bertz CT molecular complexity index is 764. The lowest BCUT2D eigenvalue weighted by Crippen LogP contribution is -1.99. The van der Waals surface area contributed by atoms with Gasteiger partial charge in [0.1, 0.15) is 0 Å². The first-order valence-electron chi connectivity index (χ1n) is 5.72. The minimum absolute atomic E-state index is 0.0900. The molecule has 104 valence electrons. The maximum absolute atomic E-state index is 11.4. The first kappa shape index (κ1) is 14.1. The fourth-order valence-electron chi connectivity index (χ4n) is 1.84. The van der Waals surface area contributed by atoms with Gasteiger partial charge < -0.3 is 10.8 Å². The Morgan fingerprint density at radius 3 is 2.15 bits per heavy atom. The molecule has 0 unspecified atom stereocenters. The zero-order valence-corrected chi connectivity index (χ0v) is 11.5. The molecule has 0 amide bonds. The number of aromatic carboxylic acids is 1. The number of carboxylic acid groups (broad SMARTS) is 1. The number of carboxylic acids is 1. The van der Waals surface area contributed by atoms with Crippen LogP contribution in [0.15, 0.2) is 47.4 Å². The molecule has 2 rings (SSSR count). The molecule has 2 aromatic rings. The van der Waals surface area contributed by atoms with Crippen molar-refractivity contribution in [3.8, 4) is 11.1 Å². The van der Waals surface area contributed by atoms with Crippen molar-refractivity contribution < 1.29 is 18.3 Å². The number of nitrogens with two attached hydrogens (primary N) is 1. The van der Waals surface area contributed by atoms with Crippen molar-refractivity contribution in [2.75, 3.05) is 12.0 Å². The van der Waals surface area contributed by atoms with E-state index in [9.17, 15) is 13.2 Å². The van der Waals surface area contributed by atoms with E-state index in [4.69, 9.17) is 10.8 Å². The third-order valence-corrected chi connectivity index (χ3v) is 3.95. The average Bonchev–Trinajstić information content (AvgIpc) is 2.37. The molecule has 5 nitrogen and oxygen atoms in total. The molecule has 0 heterocycles. The largest absolute Gasteiger partial charge is 0.478 e. The van der Waals surface area contributed by atoms with Gasteiger partial charge in [0, 0.05) is 11.9 Å². The highest BCUT2D eigenvalue weighted by Crippen LogP contribution is 2.25. The summed E-state index contributed by atoms with van der Waals surface area (Å²) < 4.78 is 22.8. The summed E-state index contributed by atoms with van der Waals surface area (Å²) in [6, 6.07) is 10.7. The third-order valence-electron chi connectivity index (χ3n) is 2.82. The smallest absolute Gasteiger partial charge is 0.335 e. The summed E-state index contributed by atoms with van der Waals surface area (Å²) in [5, 5.41) is 9.00. The Morgan fingerprint density at radius 1 is 1.05 bits per heavy atom. The molecule has 0 aliphatic carbocycles. The van der Waals surface area contributed by atoms with Crippen LogP contribution in [0.1, 0.15) is 10.4 Å². The first-order chi connectivity index (χ1) is 9.27. The van der Waals surface area contributed by atoms with E-state index in [1.807, 2.05) is 0 Å². The van der Waals surface area contributed by atoms with E-state index in [2.05, 4.69) is 0 Å². The fourth-order valence-corrected chi connectivity index (χ4v) is 2.47. The molecule has 0 aliphatic rings. The summed E-state index contributed by atoms with van der Waals surface area (Å²) in [5.74, 6) is -1.06. The summed E-state index contributed by atoms with van der Waals surface area (Å²) in [6.45, 7) is 0. The third kappa shape index (κ3) is 2.97. The van der Waals surface area contributed by atoms with Crippen LogP contribution in [0.4, 0.5) is 5.69 Å². The quantitative estimate of drug-likeness (QED) is 0.843. The number of rotatable bonds is 3. The molecular weight excluding hydrogens is 278 g/mol. The topological polar surface area (TPSA) is 97.5 Å². The minimum Gasteiger partial charge on any atom is -0.478 e. The van der Waals surface area contributed by atoms with E-state index in [1.165, 1.54) is 24.3 Å². The lowest BCUT2D eigenvalue weighted by molar-refractivity contribution is 0.0697. The second kappa shape index (κ2) is 4.97. The van der Waals surface area contributed by atoms with Crippen LogP contribution < -0.4 is 5.73 Å². The minimum atomic E-state index is -3.25. The number of hydrogen-bond donors (Lipinski definition) is 2. The van der Waals surface area contributed by atoms with Crippen LogP contribution in [0.2, 0.25) is 0 Å². The molecule has 0 radical (unpaired) electrons. The molecule has 0 aromatic heterocycles. The average molecular weight is 291 g/mol. The van der Waals surface area contributed by atoms with Crippen molar-refractivity contribution in [2.45, 2.75) is 4.90 Å².